The van der Waals surface area contributed by atoms with E-state index in [1.165, 1.54) is 5.69 Å². The summed E-state index contributed by atoms with van der Waals surface area (Å²) in [5.74, 6) is 2.64. The van der Waals surface area contributed by atoms with Crippen molar-refractivity contribution in [2.24, 2.45) is 5.73 Å². The smallest absolute Gasteiger partial charge is 0.234 e. The van der Waals surface area contributed by atoms with Gasteiger partial charge in [0.15, 0.2) is 0 Å². The van der Waals surface area contributed by atoms with Gasteiger partial charge in [0.2, 0.25) is 5.78 Å². The molecule has 2 aromatic rings. The molecule has 2 aromatic heterocycles. The molecule has 0 aliphatic rings. The molecule has 0 aliphatic heterocycles. The van der Waals surface area contributed by atoms with Crippen molar-refractivity contribution in [3.8, 4) is 0 Å². The molecular formula is C12H18N4S. The summed E-state index contributed by atoms with van der Waals surface area (Å²) in [6.45, 7) is 6.08. The van der Waals surface area contributed by atoms with E-state index in [1.54, 1.807) is 0 Å². The second-order valence-corrected chi connectivity index (χ2v) is 5.46. The third kappa shape index (κ3) is 2.98. The molecule has 17 heavy (non-hydrogen) atoms. The van der Waals surface area contributed by atoms with Crippen LogP contribution in [0.3, 0.4) is 0 Å². The maximum absolute atomic E-state index is 5.72. The van der Waals surface area contributed by atoms with Gasteiger partial charge in [0.05, 0.1) is 5.69 Å². The van der Waals surface area contributed by atoms with Crippen LogP contribution in [-0.2, 0) is 5.75 Å². The first-order valence-electron chi connectivity index (χ1n) is 5.72. The van der Waals surface area contributed by atoms with Crippen LogP contribution in [0, 0.1) is 13.8 Å². The number of hydrogen-bond acceptors (Lipinski definition) is 4. The van der Waals surface area contributed by atoms with E-state index < -0.39 is 0 Å². The van der Waals surface area contributed by atoms with Gasteiger partial charge < -0.3 is 5.73 Å². The number of hydrogen-bond donors (Lipinski definition) is 1. The Labute approximate surface area is 106 Å². The Morgan fingerprint density at radius 2 is 2.18 bits per heavy atom. The van der Waals surface area contributed by atoms with E-state index in [2.05, 4.69) is 29.2 Å². The van der Waals surface area contributed by atoms with Crippen LogP contribution >= 0.6 is 11.8 Å². The minimum absolute atomic E-state index is 0.235. The van der Waals surface area contributed by atoms with Crippen molar-refractivity contribution >= 4 is 17.5 Å². The molecule has 2 heterocycles. The molecule has 0 aliphatic carbocycles. The predicted octanol–water partition coefficient (Wildman–Crippen LogP) is 1.93. The molecule has 92 valence electrons. The molecule has 1 atom stereocenters. The summed E-state index contributed by atoms with van der Waals surface area (Å²) in [6.07, 6.45) is 2.06. The second kappa shape index (κ2) is 5.06. The molecule has 0 saturated carbocycles. The fraction of sp³-hybridized carbons (Fsp3) is 0.500. The monoisotopic (exact) mass is 250 g/mol. The Morgan fingerprint density at radius 3 is 2.88 bits per heavy atom. The molecule has 5 heteroatoms. The maximum atomic E-state index is 5.72. The number of fused-ring (bicyclic) bond motifs is 1. The van der Waals surface area contributed by atoms with E-state index in [1.807, 2.05) is 30.0 Å². The fourth-order valence-corrected chi connectivity index (χ4v) is 2.58. The second-order valence-electron chi connectivity index (χ2n) is 4.43. The first-order valence-corrected chi connectivity index (χ1v) is 6.87. The van der Waals surface area contributed by atoms with E-state index in [9.17, 15) is 0 Å². The molecular weight excluding hydrogens is 232 g/mol. The molecule has 0 saturated heterocycles. The van der Waals surface area contributed by atoms with Gasteiger partial charge in [-0.2, -0.15) is 11.8 Å². The van der Waals surface area contributed by atoms with Crippen LogP contribution in [0.5, 0.6) is 0 Å². The van der Waals surface area contributed by atoms with Crippen LogP contribution in [-0.4, -0.2) is 26.2 Å². The van der Waals surface area contributed by atoms with E-state index in [-0.39, 0.29) is 6.04 Å². The third-order valence-corrected chi connectivity index (χ3v) is 3.70. The highest BCUT2D eigenvalue weighted by Gasteiger charge is 2.06. The molecule has 0 fully saturated rings. The van der Waals surface area contributed by atoms with Crippen LogP contribution in [0.2, 0.25) is 0 Å². The topological polar surface area (TPSA) is 56.2 Å². The summed E-state index contributed by atoms with van der Waals surface area (Å²) >= 11 is 1.81. The van der Waals surface area contributed by atoms with Crippen molar-refractivity contribution in [3.63, 3.8) is 0 Å². The van der Waals surface area contributed by atoms with E-state index >= 15 is 0 Å². The summed E-state index contributed by atoms with van der Waals surface area (Å²) in [6, 6.07) is 2.30. The van der Waals surface area contributed by atoms with Crippen molar-refractivity contribution in [2.75, 3.05) is 5.75 Å². The first-order chi connectivity index (χ1) is 8.06. The average Bonchev–Trinajstić information content (AvgIpc) is 2.60. The van der Waals surface area contributed by atoms with Gasteiger partial charge in [-0.3, -0.25) is 4.40 Å². The summed E-state index contributed by atoms with van der Waals surface area (Å²) < 4.78 is 2.04. The highest BCUT2D eigenvalue weighted by atomic mass is 32.2. The van der Waals surface area contributed by atoms with Crippen molar-refractivity contribution in [1.29, 1.82) is 0 Å². The average molecular weight is 250 g/mol. The largest absolute Gasteiger partial charge is 0.327 e. The lowest BCUT2D eigenvalue weighted by molar-refractivity contribution is 0.847. The van der Waals surface area contributed by atoms with Gasteiger partial charge in [0, 0.05) is 35.1 Å². The lowest BCUT2D eigenvalue weighted by atomic mass is 10.3. The third-order valence-electron chi connectivity index (χ3n) is 2.44. The van der Waals surface area contributed by atoms with Gasteiger partial charge in [-0.1, -0.05) is 0 Å². The van der Waals surface area contributed by atoms with Gasteiger partial charge in [0.1, 0.15) is 0 Å². The van der Waals surface area contributed by atoms with Crippen LogP contribution in [0.4, 0.5) is 0 Å². The van der Waals surface area contributed by atoms with Crippen molar-refractivity contribution in [1.82, 2.24) is 14.4 Å². The van der Waals surface area contributed by atoms with Crippen LogP contribution in [0.15, 0.2) is 12.3 Å². The van der Waals surface area contributed by atoms with Crippen LogP contribution in [0.1, 0.15) is 24.0 Å². The highest BCUT2D eigenvalue weighted by molar-refractivity contribution is 7.98. The maximum Gasteiger partial charge on any atom is 0.234 e. The number of nitrogens with two attached hydrogens (primary N) is 1. The molecule has 0 aromatic carbocycles. The lowest BCUT2D eigenvalue weighted by Crippen LogP contribution is -2.17. The zero-order valence-electron chi connectivity index (χ0n) is 10.5. The van der Waals surface area contributed by atoms with E-state index in [0.29, 0.717) is 0 Å². The molecule has 2 rings (SSSR count). The minimum Gasteiger partial charge on any atom is -0.327 e. The van der Waals surface area contributed by atoms with E-state index in [4.69, 9.17) is 5.73 Å². The Bertz CT molecular complexity index is 518. The quantitative estimate of drug-likeness (QED) is 0.901. The number of imidazole rings is 1. The van der Waals surface area contributed by atoms with E-state index in [0.717, 1.165) is 28.7 Å². The summed E-state index contributed by atoms with van der Waals surface area (Å²) in [5, 5.41) is 0. The van der Waals surface area contributed by atoms with Gasteiger partial charge in [0.25, 0.3) is 0 Å². The summed E-state index contributed by atoms with van der Waals surface area (Å²) in [4.78, 5) is 8.94. The van der Waals surface area contributed by atoms with Crippen LogP contribution in [0.25, 0.3) is 5.78 Å². The number of thioether (sulfide) groups is 1. The van der Waals surface area contributed by atoms with Crippen LogP contribution < -0.4 is 5.73 Å². The lowest BCUT2D eigenvalue weighted by Gasteiger charge is -2.01. The molecule has 0 amide bonds. The summed E-state index contributed by atoms with van der Waals surface area (Å²) in [5.41, 5.74) is 8.96. The molecule has 0 bridgehead atoms. The molecule has 4 nitrogen and oxygen atoms in total. The van der Waals surface area contributed by atoms with Crippen molar-refractivity contribution < 1.29 is 0 Å². The van der Waals surface area contributed by atoms with Gasteiger partial charge in [-0.25, -0.2) is 9.97 Å². The number of nitrogens with zero attached hydrogens (tertiary/aromatic N) is 3. The normalized spacial score (nSPS) is 13.2. The molecule has 0 spiro atoms. The molecule has 2 N–H and O–H groups in total. The Morgan fingerprint density at radius 1 is 1.41 bits per heavy atom. The van der Waals surface area contributed by atoms with Gasteiger partial charge in [-0.15, -0.1) is 0 Å². The Kier molecular flexibility index (Phi) is 3.69. The minimum atomic E-state index is 0.235. The Hall–Kier alpha value is -1.07. The number of rotatable bonds is 4. The predicted molar refractivity (Wildman–Crippen MR) is 72.3 cm³/mol. The van der Waals surface area contributed by atoms with Crippen molar-refractivity contribution in [3.05, 3.63) is 29.3 Å². The zero-order valence-corrected chi connectivity index (χ0v) is 11.3. The fourth-order valence-electron chi connectivity index (χ4n) is 1.74. The zero-order chi connectivity index (χ0) is 12.4. The number of aryl methyl sites for hydroxylation is 2. The number of aromatic nitrogens is 3. The molecule has 0 radical (unpaired) electrons. The van der Waals surface area contributed by atoms with Gasteiger partial charge >= 0.3 is 0 Å². The molecule has 1 unspecified atom stereocenters. The Balaban J connectivity index is 2.17. The van der Waals surface area contributed by atoms with Crippen molar-refractivity contribution in [2.45, 2.75) is 32.6 Å². The van der Waals surface area contributed by atoms with Gasteiger partial charge in [-0.05, 0) is 26.8 Å². The SMILES string of the molecule is Cc1cc(C)n2cc(CSCC(C)N)nc2n1. The first kappa shape index (κ1) is 12.4. The highest BCUT2D eigenvalue weighted by Crippen LogP contribution is 2.14. The summed E-state index contributed by atoms with van der Waals surface area (Å²) in [7, 11) is 0. The standard InChI is InChI=1S/C12H18N4S/c1-8(13)6-17-7-11-5-16-10(3)4-9(2)14-12(16)15-11/h4-5,8H,6-7,13H2,1-3H3.